The molecule has 31 heteroatoms. The van der Waals surface area contributed by atoms with E-state index in [0.29, 0.717) is 107 Å². The third-order valence-corrected chi connectivity index (χ3v) is 23.2. The van der Waals surface area contributed by atoms with Gasteiger partial charge in [-0.2, -0.15) is 43.9 Å². The van der Waals surface area contributed by atoms with Gasteiger partial charge in [0.2, 0.25) is 5.95 Å². The number of carbonyl (C=O) groups is 4. The number of aryl methyl sites for hydroxylation is 5. The molecule has 9 aromatic carbocycles. The van der Waals surface area contributed by atoms with E-state index in [2.05, 4.69) is 56.2 Å². The maximum atomic E-state index is 14.4. The Labute approximate surface area is 798 Å². The van der Waals surface area contributed by atoms with Gasteiger partial charge in [0.25, 0.3) is 23.6 Å². The quantitative estimate of drug-likeness (QED) is 0.0422. The topological polar surface area (TPSA) is 244 Å². The van der Waals surface area contributed by atoms with Gasteiger partial charge in [0, 0.05) is 123 Å². The lowest BCUT2D eigenvalue weighted by molar-refractivity contribution is -0.138. The summed E-state index contributed by atoms with van der Waals surface area (Å²) in [6.45, 7) is 9.19. The zero-order valence-corrected chi connectivity index (χ0v) is 75.4. The molecule has 4 amide bonds. The Kier molecular flexibility index (Phi) is 27.1. The summed E-state index contributed by atoms with van der Waals surface area (Å²) in [6, 6.07) is 75.5. The summed E-state index contributed by atoms with van der Waals surface area (Å²) in [7, 11) is 0. The van der Waals surface area contributed by atoms with E-state index >= 15 is 0 Å². The van der Waals surface area contributed by atoms with E-state index in [1.807, 2.05) is 129 Å². The van der Waals surface area contributed by atoms with Crippen LogP contribution in [0.3, 0.4) is 0 Å². The average Bonchev–Trinajstić information content (AvgIpc) is 1.65. The Hall–Kier alpha value is -17.7. The van der Waals surface area contributed by atoms with Gasteiger partial charge in [-0.15, -0.1) is 0 Å². The molecule has 11 aromatic heterocycles. The summed E-state index contributed by atoms with van der Waals surface area (Å²) in [6.07, 6.45) is 5.77. The lowest BCUT2D eigenvalue weighted by atomic mass is 9.98. The first-order chi connectivity index (χ1) is 67.8. The second kappa shape index (κ2) is 40.3. The minimum Gasteiger partial charge on any atom is -0.390 e. The molecule has 0 radical (unpaired) electrons. The third kappa shape index (κ3) is 20.8. The van der Waals surface area contributed by atoms with E-state index in [4.69, 9.17) is 0 Å². The number of hydrogen-bond donors (Lipinski definition) is 5. The number of amides is 4. The maximum absolute atomic E-state index is 14.4. The fraction of sp³-hybridized carbons (Fsp3) is 0.0818. The molecule has 0 atom stereocenters. The van der Waals surface area contributed by atoms with Gasteiger partial charge in [-0.25, -0.2) is 29.3 Å². The number of nitrogens with one attached hydrogen (secondary N) is 4. The number of aliphatic hydroxyl groups excluding tert-OH is 1. The van der Waals surface area contributed by atoms with Gasteiger partial charge in [0.15, 0.2) is 0 Å². The van der Waals surface area contributed by atoms with E-state index in [1.54, 1.807) is 204 Å². The number of imidazole rings is 4. The molecule has 20 nitrogen and oxygen atoms in total. The molecular weight excluding hydrogens is 1820 g/mol. The molecule has 0 saturated heterocycles. The van der Waals surface area contributed by atoms with Gasteiger partial charge in [-0.3, -0.25) is 46.7 Å². The van der Waals surface area contributed by atoms with Crippen LogP contribution in [0, 0.1) is 46.4 Å². The standard InChI is InChI=1S/C28H21F3N4O2.C28H22FN3O.C27H18F4N4O.C27H19F3N4O/c1-17-6-9-20(10-7-17)33-27(37)22-14-18(8-11-23(22)28(29,30)31)21-5-3-13-35-25(19-4-2-12-32-15-19)24(16-36)34-26(21)35;1-18-9-13-21(14-10-18)31-28(33)24-16-20(12-11-19(24)2)22-7-5-15-32-26(17-30-27(22)32)23-6-3-4-8-25(23)29;1-16-6-9-18(10-7-16)34-26(36)21-14-17(8-11-22(21)27(29,30)31)19-5-3-13-35-23(15-33-25(19)35)20-4-2-12-32-24(20)28;1-17-6-9-20(10-7-17)33-26(35)22-14-18(8-11-23(22)27(28,29)30)21-5-3-13-34-24(16-32-25(21)34)19-4-2-12-31-15-19/h2-15,36H,16H2,1H3,(H,33,37);3-17H,1-2H3,(H,31,33);2-15H,1H3,(H,34,36);2-16H,1H3,(H,33,35). The van der Waals surface area contributed by atoms with Crippen molar-refractivity contribution in [2.24, 2.45) is 0 Å². The number of hydrogen-bond acceptors (Lipinski definition) is 12. The van der Waals surface area contributed by atoms with Crippen LogP contribution in [0.25, 0.3) is 112 Å². The smallest absolute Gasteiger partial charge is 0.390 e. The van der Waals surface area contributed by atoms with Crippen LogP contribution in [0.1, 0.15) is 91.6 Å². The Bertz CT molecular complexity index is 8090. The predicted molar refractivity (Wildman–Crippen MR) is 520 cm³/mol. The van der Waals surface area contributed by atoms with E-state index in [-0.39, 0.29) is 23.9 Å². The molecule has 702 valence electrons. The van der Waals surface area contributed by atoms with Crippen molar-refractivity contribution in [3.05, 3.63) is 438 Å². The first-order valence-corrected chi connectivity index (χ1v) is 43.7. The van der Waals surface area contributed by atoms with Crippen LogP contribution < -0.4 is 21.3 Å². The molecule has 0 bridgehead atoms. The van der Waals surface area contributed by atoms with Gasteiger partial charge < -0.3 is 26.4 Å². The van der Waals surface area contributed by atoms with Crippen molar-refractivity contribution in [2.45, 2.75) is 59.8 Å². The summed E-state index contributed by atoms with van der Waals surface area (Å²) in [5.74, 6) is -3.74. The molecule has 0 aliphatic carbocycles. The van der Waals surface area contributed by atoms with E-state index in [9.17, 15) is 72.6 Å². The fourth-order valence-electron chi connectivity index (χ4n) is 16.2. The zero-order chi connectivity index (χ0) is 99.1. The van der Waals surface area contributed by atoms with Crippen molar-refractivity contribution in [3.8, 4) is 89.5 Å². The highest BCUT2D eigenvalue weighted by molar-refractivity contribution is 6.09. The van der Waals surface area contributed by atoms with Crippen LogP contribution in [-0.2, 0) is 25.1 Å². The first-order valence-electron chi connectivity index (χ1n) is 43.7. The van der Waals surface area contributed by atoms with Gasteiger partial charge in [0.1, 0.15) is 28.4 Å². The highest BCUT2D eigenvalue weighted by Gasteiger charge is 2.39. The molecule has 0 fully saturated rings. The molecule has 20 aromatic rings. The van der Waals surface area contributed by atoms with E-state index < -0.39 is 75.6 Å². The molecular formula is C110H80F11N15O5. The minimum absolute atomic E-state index is 0.166. The van der Waals surface area contributed by atoms with Crippen LogP contribution >= 0.6 is 0 Å². The molecule has 0 unspecified atom stereocenters. The van der Waals surface area contributed by atoms with Crippen LogP contribution in [-0.4, -0.2) is 81.2 Å². The first kappa shape index (κ1) is 95.0. The Morgan fingerprint density at radius 2 is 0.645 bits per heavy atom. The zero-order valence-electron chi connectivity index (χ0n) is 75.4. The van der Waals surface area contributed by atoms with Crippen molar-refractivity contribution < 1.29 is 72.6 Å². The SMILES string of the molecule is Cc1ccc(NC(=O)c2cc(-c3cccn4c(-c5ccccc5F)cnc34)ccc2C)cc1.Cc1ccc(NC(=O)c2cc(-c3cccn4c(-c5cccnc5)c(CO)nc34)ccc2C(F)(F)F)cc1.Cc1ccc(NC(=O)c2cc(-c3cccn4c(-c5cccnc5)cnc34)ccc2C(F)(F)F)cc1.Cc1ccc(NC(=O)c2cc(-c3cccn4c(-c5cccnc5F)cnc34)ccc2C(F)(F)F)cc1. The summed E-state index contributed by atoms with van der Waals surface area (Å²) in [5, 5.41) is 20.6. The number of alkyl halides is 9. The Balaban J connectivity index is 0.000000130. The van der Waals surface area contributed by atoms with E-state index in [0.717, 1.165) is 79.7 Å². The molecule has 0 spiro atoms. The van der Waals surface area contributed by atoms with Gasteiger partial charge in [0.05, 0.1) is 92.6 Å². The molecule has 11 heterocycles. The van der Waals surface area contributed by atoms with Crippen LogP contribution in [0.15, 0.2) is 353 Å². The summed E-state index contributed by atoms with van der Waals surface area (Å²) < 4.78 is 160. The minimum atomic E-state index is -4.73. The largest absolute Gasteiger partial charge is 0.417 e. The number of aromatic nitrogens is 11. The second-order valence-corrected chi connectivity index (χ2v) is 32.8. The number of rotatable bonds is 17. The number of benzene rings is 9. The number of fused-ring (bicyclic) bond motifs is 4. The summed E-state index contributed by atoms with van der Waals surface area (Å²) in [5.41, 5.74) is 14.6. The van der Waals surface area contributed by atoms with Gasteiger partial charge in [-0.05, 0) is 250 Å². The maximum Gasteiger partial charge on any atom is 0.417 e. The number of carbonyl (C=O) groups excluding carboxylic acids is 4. The monoisotopic (exact) mass is 1900 g/mol. The Morgan fingerprint density at radius 3 is 1.03 bits per heavy atom. The lowest BCUT2D eigenvalue weighted by Gasteiger charge is -2.15. The number of aliphatic hydroxyl groups is 1. The van der Waals surface area contributed by atoms with Gasteiger partial charge >= 0.3 is 18.5 Å². The summed E-state index contributed by atoms with van der Waals surface area (Å²) >= 11 is 0. The molecule has 0 aliphatic rings. The molecule has 0 saturated carbocycles. The number of anilines is 4. The summed E-state index contributed by atoms with van der Waals surface area (Å²) in [4.78, 5) is 81.9. The van der Waals surface area contributed by atoms with Crippen molar-refractivity contribution in [3.63, 3.8) is 0 Å². The third-order valence-electron chi connectivity index (χ3n) is 23.2. The van der Waals surface area contributed by atoms with E-state index in [1.165, 1.54) is 54.9 Å². The van der Waals surface area contributed by atoms with Crippen molar-refractivity contribution in [1.29, 1.82) is 0 Å². The van der Waals surface area contributed by atoms with Crippen LogP contribution in [0.2, 0.25) is 0 Å². The lowest BCUT2D eigenvalue weighted by Crippen LogP contribution is -2.19. The molecule has 0 aliphatic heterocycles. The number of nitrogens with zero attached hydrogens (tertiary/aromatic N) is 11. The van der Waals surface area contributed by atoms with Crippen molar-refractivity contribution >= 4 is 69.0 Å². The van der Waals surface area contributed by atoms with Crippen LogP contribution in [0.5, 0.6) is 0 Å². The average molecular weight is 1900 g/mol. The normalized spacial score (nSPS) is 11.4. The van der Waals surface area contributed by atoms with Crippen molar-refractivity contribution in [2.75, 3.05) is 21.3 Å². The molecule has 141 heavy (non-hydrogen) atoms. The van der Waals surface area contributed by atoms with Crippen molar-refractivity contribution in [1.82, 2.24) is 52.5 Å². The Morgan fingerprint density at radius 1 is 0.312 bits per heavy atom. The second-order valence-electron chi connectivity index (χ2n) is 32.8. The highest BCUT2D eigenvalue weighted by atomic mass is 19.4. The molecule has 5 N–H and O–H groups in total. The van der Waals surface area contributed by atoms with Crippen LogP contribution in [0.4, 0.5) is 71.0 Å². The number of halogens is 11. The highest BCUT2D eigenvalue weighted by Crippen LogP contribution is 2.43. The predicted octanol–water partition coefficient (Wildman–Crippen LogP) is 26.2. The fourth-order valence-corrected chi connectivity index (χ4v) is 16.2. The van der Waals surface area contributed by atoms with Gasteiger partial charge in [-0.1, -0.05) is 113 Å². The number of pyridine rings is 7. The molecule has 20 rings (SSSR count).